The fourth-order valence-electron chi connectivity index (χ4n) is 3.70. The normalized spacial score (nSPS) is 15.2. The SMILES string of the molecule is CN(CC(=O)NN1C(=O)NC(c2ccccc2)(c2ccccc2)C1=O)Cc1ccco1. The minimum atomic E-state index is -1.42. The highest BCUT2D eigenvalue weighted by Crippen LogP contribution is 2.35. The van der Waals surface area contributed by atoms with Crippen LogP contribution in [-0.4, -0.2) is 41.3 Å². The fraction of sp³-hybridized carbons (Fsp3) is 0.174. The molecule has 2 N–H and O–H groups in total. The molecule has 1 saturated heterocycles. The Morgan fingerprint density at radius 3 is 2.16 bits per heavy atom. The van der Waals surface area contributed by atoms with Crippen molar-refractivity contribution in [3.8, 4) is 0 Å². The van der Waals surface area contributed by atoms with Crippen LogP contribution in [0.2, 0.25) is 0 Å². The van der Waals surface area contributed by atoms with Gasteiger partial charge in [-0.3, -0.25) is 19.9 Å². The number of amides is 4. The van der Waals surface area contributed by atoms with Gasteiger partial charge in [-0.25, -0.2) is 4.79 Å². The van der Waals surface area contributed by atoms with Crippen LogP contribution in [0.1, 0.15) is 16.9 Å². The molecule has 158 valence electrons. The molecule has 0 unspecified atom stereocenters. The van der Waals surface area contributed by atoms with Gasteiger partial charge in [-0.05, 0) is 30.3 Å². The highest BCUT2D eigenvalue weighted by molar-refractivity contribution is 6.10. The van der Waals surface area contributed by atoms with Gasteiger partial charge in [0, 0.05) is 0 Å². The second-order valence-electron chi connectivity index (χ2n) is 7.34. The lowest BCUT2D eigenvalue weighted by atomic mass is 9.83. The molecular formula is C23H22N4O4. The molecule has 0 aliphatic carbocycles. The first-order chi connectivity index (χ1) is 15.0. The lowest BCUT2D eigenvalue weighted by molar-refractivity contribution is -0.138. The van der Waals surface area contributed by atoms with Crippen molar-refractivity contribution >= 4 is 17.8 Å². The van der Waals surface area contributed by atoms with Crippen LogP contribution in [0.3, 0.4) is 0 Å². The number of nitrogens with zero attached hydrogens (tertiary/aromatic N) is 2. The molecule has 0 saturated carbocycles. The first-order valence-corrected chi connectivity index (χ1v) is 9.79. The number of carbonyl (C=O) groups excluding carboxylic acids is 3. The maximum Gasteiger partial charge on any atom is 0.344 e. The lowest BCUT2D eigenvalue weighted by Gasteiger charge is -2.27. The van der Waals surface area contributed by atoms with Crippen molar-refractivity contribution in [2.75, 3.05) is 13.6 Å². The summed E-state index contributed by atoms with van der Waals surface area (Å²) in [7, 11) is 1.74. The van der Waals surface area contributed by atoms with Crippen molar-refractivity contribution in [1.82, 2.24) is 20.7 Å². The van der Waals surface area contributed by atoms with Crippen LogP contribution in [0.5, 0.6) is 0 Å². The number of hydrazine groups is 1. The Morgan fingerprint density at radius 1 is 1.00 bits per heavy atom. The zero-order chi connectivity index (χ0) is 21.8. The maximum atomic E-state index is 13.5. The molecule has 4 amide bonds. The standard InChI is InChI=1S/C23H22N4O4/c1-26(15-19-13-8-14-31-19)16-20(28)25-27-21(29)23(24-22(27)30,17-9-4-2-5-10-17)18-11-6-3-7-12-18/h2-14H,15-16H2,1H3,(H,24,30)(H,25,28). The van der Waals surface area contributed by atoms with Gasteiger partial charge in [0.1, 0.15) is 5.76 Å². The summed E-state index contributed by atoms with van der Waals surface area (Å²) in [5.74, 6) is -0.358. The first kappa shape index (κ1) is 20.4. The molecule has 0 bridgehead atoms. The van der Waals surface area contributed by atoms with Crippen molar-refractivity contribution in [3.63, 3.8) is 0 Å². The summed E-state index contributed by atoms with van der Waals surface area (Å²) in [4.78, 5) is 40.6. The van der Waals surface area contributed by atoms with Gasteiger partial charge in [0.15, 0.2) is 5.54 Å². The summed E-state index contributed by atoms with van der Waals surface area (Å²) in [5.41, 5.74) is 2.23. The lowest BCUT2D eigenvalue weighted by Crippen LogP contribution is -2.51. The van der Waals surface area contributed by atoms with E-state index in [2.05, 4.69) is 10.7 Å². The molecule has 3 aromatic rings. The van der Waals surface area contributed by atoms with E-state index in [0.29, 0.717) is 23.4 Å². The van der Waals surface area contributed by atoms with E-state index >= 15 is 0 Å². The van der Waals surface area contributed by atoms with Crippen molar-refractivity contribution < 1.29 is 18.8 Å². The van der Waals surface area contributed by atoms with Crippen LogP contribution in [0, 0.1) is 0 Å². The van der Waals surface area contributed by atoms with Gasteiger partial charge in [0.25, 0.3) is 11.8 Å². The summed E-state index contributed by atoms with van der Waals surface area (Å²) in [6.45, 7) is 0.389. The molecule has 0 spiro atoms. The molecule has 4 rings (SSSR count). The zero-order valence-electron chi connectivity index (χ0n) is 16.9. The minimum Gasteiger partial charge on any atom is -0.468 e. The van der Waals surface area contributed by atoms with Gasteiger partial charge in [-0.1, -0.05) is 60.7 Å². The summed E-state index contributed by atoms with van der Waals surface area (Å²) in [6, 6.07) is 20.8. The highest BCUT2D eigenvalue weighted by atomic mass is 16.3. The van der Waals surface area contributed by atoms with Gasteiger partial charge in [0.05, 0.1) is 19.4 Å². The molecule has 1 fully saturated rings. The minimum absolute atomic E-state index is 0.0264. The van der Waals surface area contributed by atoms with Crippen molar-refractivity contribution in [3.05, 3.63) is 95.9 Å². The van der Waals surface area contributed by atoms with E-state index in [1.54, 1.807) is 78.9 Å². The number of urea groups is 1. The Kier molecular flexibility index (Phi) is 5.55. The molecular weight excluding hydrogens is 396 g/mol. The number of benzene rings is 2. The number of carbonyl (C=O) groups is 3. The van der Waals surface area contributed by atoms with E-state index < -0.39 is 23.4 Å². The average molecular weight is 418 g/mol. The molecule has 0 atom stereocenters. The van der Waals surface area contributed by atoms with Gasteiger partial charge in [-0.15, -0.1) is 0 Å². The molecule has 31 heavy (non-hydrogen) atoms. The van der Waals surface area contributed by atoms with Crippen LogP contribution >= 0.6 is 0 Å². The van der Waals surface area contributed by atoms with Crippen molar-refractivity contribution in [1.29, 1.82) is 0 Å². The molecule has 1 aliphatic heterocycles. The molecule has 2 heterocycles. The Balaban J connectivity index is 1.56. The third-order valence-corrected chi connectivity index (χ3v) is 5.09. The van der Waals surface area contributed by atoms with Crippen LogP contribution < -0.4 is 10.7 Å². The summed E-state index contributed by atoms with van der Waals surface area (Å²) < 4.78 is 5.28. The predicted molar refractivity (Wildman–Crippen MR) is 112 cm³/mol. The average Bonchev–Trinajstić information content (AvgIpc) is 3.37. The van der Waals surface area contributed by atoms with Crippen LogP contribution in [0.25, 0.3) is 0 Å². The first-order valence-electron chi connectivity index (χ1n) is 9.79. The summed E-state index contributed by atoms with van der Waals surface area (Å²) in [6.07, 6.45) is 1.56. The predicted octanol–water partition coefficient (Wildman–Crippen LogP) is 2.24. The number of hydrogen-bond acceptors (Lipinski definition) is 5. The molecule has 1 aromatic heterocycles. The van der Waals surface area contributed by atoms with Crippen LogP contribution in [0.4, 0.5) is 4.79 Å². The van der Waals surface area contributed by atoms with E-state index in [1.807, 2.05) is 12.1 Å². The number of rotatable bonds is 7. The third-order valence-electron chi connectivity index (χ3n) is 5.09. The third kappa shape index (κ3) is 3.93. The molecule has 1 aliphatic rings. The Bertz CT molecular complexity index is 1030. The second kappa shape index (κ2) is 8.45. The summed E-state index contributed by atoms with van der Waals surface area (Å²) >= 11 is 0. The van der Waals surface area contributed by atoms with Crippen molar-refractivity contribution in [2.45, 2.75) is 12.1 Å². The summed E-state index contributed by atoms with van der Waals surface area (Å²) in [5, 5.41) is 3.54. The van der Waals surface area contributed by atoms with Crippen molar-refractivity contribution in [2.24, 2.45) is 0 Å². The van der Waals surface area contributed by atoms with E-state index in [9.17, 15) is 14.4 Å². The molecule has 0 radical (unpaired) electrons. The highest BCUT2D eigenvalue weighted by Gasteiger charge is 2.54. The van der Waals surface area contributed by atoms with Crippen LogP contribution in [0.15, 0.2) is 83.5 Å². The quantitative estimate of drug-likeness (QED) is 0.574. The maximum absolute atomic E-state index is 13.5. The zero-order valence-corrected chi connectivity index (χ0v) is 16.9. The van der Waals surface area contributed by atoms with E-state index in [-0.39, 0.29) is 6.54 Å². The van der Waals surface area contributed by atoms with Gasteiger partial charge < -0.3 is 9.73 Å². The fourth-order valence-corrected chi connectivity index (χ4v) is 3.70. The monoisotopic (exact) mass is 418 g/mol. The Labute approximate surface area is 179 Å². The second-order valence-corrected chi connectivity index (χ2v) is 7.34. The number of hydrogen-bond donors (Lipinski definition) is 2. The molecule has 8 nitrogen and oxygen atoms in total. The topological polar surface area (TPSA) is 94.9 Å². The number of likely N-dealkylation sites (N-methyl/N-ethyl adjacent to an activating group) is 1. The largest absolute Gasteiger partial charge is 0.468 e. The van der Waals surface area contributed by atoms with E-state index in [4.69, 9.17) is 4.42 Å². The van der Waals surface area contributed by atoms with E-state index in [1.165, 1.54) is 0 Å². The van der Waals surface area contributed by atoms with Crippen LogP contribution in [-0.2, 0) is 21.7 Å². The molecule has 2 aromatic carbocycles. The van der Waals surface area contributed by atoms with Gasteiger partial charge in [-0.2, -0.15) is 5.01 Å². The molecule has 8 heteroatoms. The number of furan rings is 1. The number of imide groups is 1. The Hall–Kier alpha value is -3.91. The number of nitrogens with one attached hydrogen (secondary N) is 2. The van der Waals surface area contributed by atoms with Gasteiger partial charge >= 0.3 is 6.03 Å². The Morgan fingerprint density at radius 2 is 1.61 bits per heavy atom. The van der Waals surface area contributed by atoms with E-state index in [0.717, 1.165) is 5.01 Å². The van der Waals surface area contributed by atoms with Gasteiger partial charge in [0.2, 0.25) is 0 Å². The smallest absolute Gasteiger partial charge is 0.344 e.